The Hall–Kier alpha value is -2.57. The summed E-state index contributed by atoms with van der Waals surface area (Å²) < 4.78 is 10.6. The first-order valence-electron chi connectivity index (χ1n) is 7.73. The van der Waals surface area contributed by atoms with E-state index in [1.807, 2.05) is 0 Å². The van der Waals surface area contributed by atoms with Gasteiger partial charge in [-0.15, -0.1) is 0 Å². The van der Waals surface area contributed by atoms with Gasteiger partial charge in [0.1, 0.15) is 5.75 Å². The van der Waals surface area contributed by atoms with Crippen molar-refractivity contribution in [2.75, 3.05) is 20.2 Å². The van der Waals surface area contributed by atoms with Crippen molar-refractivity contribution in [3.05, 3.63) is 41.0 Å². The van der Waals surface area contributed by atoms with Gasteiger partial charge in [0.2, 0.25) is 5.89 Å². The summed E-state index contributed by atoms with van der Waals surface area (Å²) in [6, 6.07) is 6.40. The third-order valence-corrected chi connectivity index (χ3v) is 3.66. The van der Waals surface area contributed by atoms with Gasteiger partial charge in [-0.2, -0.15) is 4.98 Å². The first-order valence-corrected chi connectivity index (χ1v) is 7.73. The number of rotatable bonds is 5. The van der Waals surface area contributed by atoms with Gasteiger partial charge in [0.15, 0.2) is 11.8 Å². The third kappa shape index (κ3) is 4.00. The van der Waals surface area contributed by atoms with Crippen LogP contribution < -0.4 is 15.4 Å². The van der Waals surface area contributed by atoms with Crippen molar-refractivity contribution in [1.82, 2.24) is 20.8 Å². The van der Waals surface area contributed by atoms with Crippen LogP contribution in [0, 0.1) is 6.92 Å². The number of aryl methyl sites for hydroxylation is 1. The molecule has 0 spiro atoms. The molecule has 7 nitrogen and oxygen atoms in total. The van der Waals surface area contributed by atoms with E-state index in [1.165, 1.54) is 11.1 Å². The second-order valence-electron chi connectivity index (χ2n) is 5.38. The van der Waals surface area contributed by atoms with Crippen molar-refractivity contribution in [3.63, 3.8) is 0 Å². The fraction of sp³-hybridized carbons (Fsp3) is 0.438. The molecular formula is C16H21N5O2. The van der Waals surface area contributed by atoms with Gasteiger partial charge in [-0.3, -0.25) is 4.99 Å². The fourth-order valence-electron chi connectivity index (χ4n) is 2.51. The van der Waals surface area contributed by atoms with Crippen molar-refractivity contribution in [2.24, 2.45) is 4.99 Å². The SMILES string of the molecule is CN=C(NCCc1ccc2c(c1)CCO2)NCc1nc(C)no1. The van der Waals surface area contributed by atoms with Crippen LogP contribution in [-0.4, -0.2) is 36.3 Å². The Morgan fingerprint density at radius 3 is 3.04 bits per heavy atom. The van der Waals surface area contributed by atoms with E-state index < -0.39 is 0 Å². The van der Waals surface area contributed by atoms with Crippen molar-refractivity contribution in [1.29, 1.82) is 0 Å². The van der Waals surface area contributed by atoms with Crippen LogP contribution in [0.5, 0.6) is 5.75 Å². The Labute approximate surface area is 135 Å². The van der Waals surface area contributed by atoms with Crippen molar-refractivity contribution < 1.29 is 9.26 Å². The molecule has 1 aromatic heterocycles. The van der Waals surface area contributed by atoms with Crippen LogP contribution in [0.25, 0.3) is 0 Å². The molecule has 1 aliphatic heterocycles. The lowest BCUT2D eigenvalue weighted by molar-refractivity contribution is 0.357. The number of hydrogen-bond donors (Lipinski definition) is 2. The lowest BCUT2D eigenvalue weighted by atomic mass is 10.1. The lowest BCUT2D eigenvalue weighted by Gasteiger charge is -2.10. The second kappa shape index (κ2) is 7.13. The molecule has 0 aliphatic carbocycles. The fourth-order valence-corrected chi connectivity index (χ4v) is 2.51. The maximum atomic E-state index is 5.52. The molecule has 1 aromatic carbocycles. The Morgan fingerprint density at radius 1 is 1.35 bits per heavy atom. The van der Waals surface area contributed by atoms with E-state index in [2.05, 4.69) is 44.0 Å². The molecule has 1 aliphatic rings. The minimum atomic E-state index is 0.455. The molecule has 2 heterocycles. The molecule has 0 amide bonds. The number of aromatic nitrogens is 2. The van der Waals surface area contributed by atoms with Crippen molar-refractivity contribution >= 4 is 5.96 Å². The van der Waals surface area contributed by atoms with Crippen LogP contribution in [0.2, 0.25) is 0 Å². The van der Waals surface area contributed by atoms with E-state index >= 15 is 0 Å². The van der Waals surface area contributed by atoms with Gasteiger partial charge < -0.3 is 19.9 Å². The largest absolute Gasteiger partial charge is 0.493 e. The molecule has 0 bridgehead atoms. The normalized spacial score (nSPS) is 13.6. The standard InChI is InChI=1S/C16H21N5O2/c1-11-20-15(23-21-11)10-19-16(17-2)18-7-5-12-3-4-14-13(9-12)6-8-22-14/h3-4,9H,5-8,10H2,1-2H3,(H2,17,18,19). The maximum absolute atomic E-state index is 5.52. The van der Waals surface area contributed by atoms with E-state index in [0.717, 1.165) is 31.7 Å². The van der Waals surface area contributed by atoms with Crippen LogP contribution in [0.3, 0.4) is 0 Å². The average molecular weight is 315 g/mol. The highest BCUT2D eigenvalue weighted by Gasteiger charge is 2.11. The van der Waals surface area contributed by atoms with E-state index in [0.29, 0.717) is 24.2 Å². The Balaban J connectivity index is 1.45. The zero-order valence-electron chi connectivity index (χ0n) is 13.4. The Bertz CT molecular complexity index is 696. The second-order valence-corrected chi connectivity index (χ2v) is 5.38. The van der Waals surface area contributed by atoms with Gasteiger partial charge in [-0.25, -0.2) is 0 Å². The van der Waals surface area contributed by atoms with Gasteiger partial charge >= 0.3 is 0 Å². The summed E-state index contributed by atoms with van der Waals surface area (Å²) in [5.41, 5.74) is 2.60. The smallest absolute Gasteiger partial charge is 0.246 e. The van der Waals surface area contributed by atoms with E-state index in [4.69, 9.17) is 9.26 Å². The van der Waals surface area contributed by atoms with Crippen LogP contribution in [0.15, 0.2) is 27.7 Å². The van der Waals surface area contributed by atoms with Gasteiger partial charge in [-0.05, 0) is 30.5 Å². The highest BCUT2D eigenvalue weighted by molar-refractivity contribution is 5.79. The molecule has 122 valence electrons. The molecule has 2 N–H and O–H groups in total. The minimum Gasteiger partial charge on any atom is -0.493 e. The predicted octanol–water partition coefficient (Wildman–Crippen LogP) is 1.22. The van der Waals surface area contributed by atoms with E-state index in [1.54, 1.807) is 14.0 Å². The molecule has 7 heteroatoms. The molecule has 3 rings (SSSR count). The molecule has 0 unspecified atom stereocenters. The molecule has 0 saturated heterocycles. The highest BCUT2D eigenvalue weighted by atomic mass is 16.5. The minimum absolute atomic E-state index is 0.455. The monoisotopic (exact) mass is 315 g/mol. The molecule has 23 heavy (non-hydrogen) atoms. The van der Waals surface area contributed by atoms with Crippen LogP contribution in [-0.2, 0) is 19.4 Å². The highest BCUT2D eigenvalue weighted by Crippen LogP contribution is 2.25. The van der Waals surface area contributed by atoms with Crippen LogP contribution in [0.1, 0.15) is 22.8 Å². The number of nitrogens with zero attached hydrogens (tertiary/aromatic N) is 3. The van der Waals surface area contributed by atoms with E-state index in [9.17, 15) is 0 Å². The van der Waals surface area contributed by atoms with Gasteiger partial charge in [0.05, 0.1) is 13.2 Å². The summed E-state index contributed by atoms with van der Waals surface area (Å²) in [4.78, 5) is 8.33. The number of hydrogen-bond acceptors (Lipinski definition) is 5. The lowest BCUT2D eigenvalue weighted by Crippen LogP contribution is -2.37. The van der Waals surface area contributed by atoms with Gasteiger partial charge in [-0.1, -0.05) is 17.3 Å². The van der Waals surface area contributed by atoms with Crippen LogP contribution >= 0.6 is 0 Å². The van der Waals surface area contributed by atoms with E-state index in [-0.39, 0.29) is 0 Å². The topological polar surface area (TPSA) is 84.6 Å². The Morgan fingerprint density at radius 2 is 2.26 bits per heavy atom. The summed E-state index contributed by atoms with van der Waals surface area (Å²) >= 11 is 0. The van der Waals surface area contributed by atoms with Crippen molar-refractivity contribution in [3.8, 4) is 5.75 Å². The summed E-state index contributed by atoms with van der Waals surface area (Å²) in [5.74, 6) is 2.91. The predicted molar refractivity (Wildman–Crippen MR) is 86.6 cm³/mol. The zero-order valence-corrected chi connectivity index (χ0v) is 13.4. The molecule has 0 fully saturated rings. The van der Waals surface area contributed by atoms with Crippen LogP contribution in [0.4, 0.5) is 0 Å². The Kier molecular flexibility index (Phi) is 4.75. The van der Waals surface area contributed by atoms with Gasteiger partial charge in [0, 0.05) is 20.0 Å². The number of benzene rings is 1. The molecular weight excluding hydrogens is 294 g/mol. The summed E-state index contributed by atoms with van der Waals surface area (Å²) in [6.45, 7) is 3.84. The number of nitrogens with one attached hydrogen (secondary N) is 2. The quantitative estimate of drug-likeness (QED) is 0.637. The number of guanidine groups is 1. The molecule has 0 radical (unpaired) electrons. The molecule has 0 atom stereocenters. The average Bonchev–Trinajstić information content (AvgIpc) is 3.18. The van der Waals surface area contributed by atoms with Gasteiger partial charge in [0.25, 0.3) is 0 Å². The number of ether oxygens (including phenoxy) is 1. The number of aliphatic imine (C=N–C) groups is 1. The third-order valence-electron chi connectivity index (χ3n) is 3.66. The first kappa shape index (κ1) is 15.3. The summed E-state index contributed by atoms with van der Waals surface area (Å²) in [7, 11) is 1.74. The number of fused-ring (bicyclic) bond motifs is 1. The molecule has 0 saturated carbocycles. The van der Waals surface area contributed by atoms with Crippen molar-refractivity contribution in [2.45, 2.75) is 26.3 Å². The molecule has 2 aromatic rings. The first-order chi connectivity index (χ1) is 11.2. The zero-order chi connectivity index (χ0) is 16.1. The maximum Gasteiger partial charge on any atom is 0.246 e. The summed E-state index contributed by atoms with van der Waals surface area (Å²) in [5, 5.41) is 10.2. The summed E-state index contributed by atoms with van der Waals surface area (Å²) in [6.07, 6.45) is 1.93.